The van der Waals surface area contributed by atoms with Gasteiger partial charge in [-0.05, 0) is 12.8 Å². The zero-order valence-corrected chi connectivity index (χ0v) is 10.4. The Balaban J connectivity index is 1.98. The Bertz CT molecular complexity index is 249. The van der Waals surface area contributed by atoms with E-state index in [0.717, 1.165) is 19.4 Å². The lowest BCUT2D eigenvalue weighted by Gasteiger charge is -2.39. The molecule has 1 N–H and O–H groups in total. The molecule has 0 aromatic carbocycles. The van der Waals surface area contributed by atoms with Gasteiger partial charge in [-0.3, -0.25) is 9.69 Å². The van der Waals surface area contributed by atoms with Crippen LogP contribution in [0, 0.1) is 0 Å². The highest BCUT2D eigenvalue weighted by Gasteiger charge is 2.33. The van der Waals surface area contributed by atoms with Gasteiger partial charge in [-0.1, -0.05) is 32.1 Å². The van der Waals surface area contributed by atoms with Gasteiger partial charge in [-0.15, -0.1) is 0 Å². The number of hydrogen-bond acceptors (Lipinski definition) is 3. The van der Waals surface area contributed by atoms with E-state index in [1.807, 2.05) is 0 Å². The van der Waals surface area contributed by atoms with E-state index in [2.05, 4.69) is 4.90 Å². The molecule has 1 heterocycles. The quantitative estimate of drug-likeness (QED) is 0.802. The Morgan fingerprint density at radius 2 is 1.76 bits per heavy atom. The first-order valence-electron chi connectivity index (χ1n) is 6.85. The van der Waals surface area contributed by atoms with Gasteiger partial charge in [0.25, 0.3) is 0 Å². The molecule has 1 saturated carbocycles. The molecule has 0 spiro atoms. The van der Waals surface area contributed by atoms with Crippen molar-refractivity contribution in [3.05, 3.63) is 0 Å². The summed E-state index contributed by atoms with van der Waals surface area (Å²) < 4.78 is 5.30. The maximum atomic E-state index is 11.2. The van der Waals surface area contributed by atoms with Crippen LogP contribution in [0.3, 0.4) is 0 Å². The van der Waals surface area contributed by atoms with E-state index in [9.17, 15) is 9.90 Å². The summed E-state index contributed by atoms with van der Waals surface area (Å²) in [5.74, 6) is -0.730. The second-order valence-electron chi connectivity index (χ2n) is 5.17. The van der Waals surface area contributed by atoms with Gasteiger partial charge < -0.3 is 9.84 Å². The van der Waals surface area contributed by atoms with Gasteiger partial charge in [0.05, 0.1) is 13.2 Å². The molecule has 0 bridgehead atoms. The van der Waals surface area contributed by atoms with Crippen LogP contribution in [0.4, 0.5) is 0 Å². The van der Waals surface area contributed by atoms with Crippen molar-refractivity contribution in [1.29, 1.82) is 0 Å². The van der Waals surface area contributed by atoms with Crippen LogP contribution in [0.1, 0.15) is 44.9 Å². The molecular formula is C13H23NO3. The zero-order chi connectivity index (χ0) is 12.1. The molecule has 0 aromatic heterocycles. The lowest BCUT2D eigenvalue weighted by Crippen LogP contribution is -2.54. The summed E-state index contributed by atoms with van der Waals surface area (Å²) in [4.78, 5) is 13.4. The van der Waals surface area contributed by atoms with Crippen LogP contribution in [0.5, 0.6) is 0 Å². The first-order valence-corrected chi connectivity index (χ1v) is 6.85. The third-order valence-electron chi connectivity index (χ3n) is 4.00. The van der Waals surface area contributed by atoms with Crippen molar-refractivity contribution in [2.75, 3.05) is 19.8 Å². The molecule has 17 heavy (non-hydrogen) atoms. The molecule has 1 aliphatic carbocycles. The van der Waals surface area contributed by atoms with Crippen molar-refractivity contribution in [1.82, 2.24) is 4.90 Å². The van der Waals surface area contributed by atoms with Crippen LogP contribution in [0.25, 0.3) is 0 Å². The summed E-state index contributed by atoms with van der Waals surface area (Å²) in [6.07, 6.45) is 8.76. The molecule has 0 radical (unpaired) electrons. The highest BCUT2D eigenvalue weighted by Crippen LogP contribution is 2.24. The normalized spacial score (nSPS) is 29.5. The van der Waals surface area contributed by atoms with Crippen LogP contribution < -0.4 is 0 Å². The van der Waals surface area contributed by atoms with E-state index in [1.54, 1.807) is 0 Å². The Kier molecular flexibility index (Phi) is 4.80. The number of carboxylic acids is 1. The summed E-state index contributed by atoms with van der Waals surface area (Å²) in [5.41, 5.74) is 0. The van der Waals surface area contributed by atoms with Crippen molar-refractivity contribution in [3.8, 4) is 0 Å². The standard InChI is InChI=1S/C13H23NO3/c15-13(16)12-10-17-9-8-14(12)11-6-4-2-1-3-5-7-11/h11-12H,1-10H2,(H,15,16). The van der Waals surface area contributed by atoms with E-state index in [-0.39, 0.29) is 0 Å². The Morgan fingerprint density at radius 1 is 1.12 bits per heavy atom. The van der Waals surface area contributed by atoms with Crippen LogP contribution >= 0.6 is 0 Å². The van der Waals surface area contributed by atoms with Crippen LogP contribution in [0.2, 0.25) is 0 Å². The van der Waals surface area contributed by atoms with Gasteiger partial charge in [0, 0.05) is 12.6 Å². The number of ether oxygens (including phenoxy) is 1. The minimum Gasteiger partial charge on any atom is -0.480 e. The molecule has 1 aliphatic heterocycles. The number of aliphatic carboxylic acids is 1. The van der Waals surface area contributed by atoms with Crippen LogP contribution in [-0.2, 0) is 9.53 Å². The molecule has 0 amide bonds. The molecule has 1 saturated heterocycles. The van der Waals surface area contributed by atoms with Gasteiger partial charge in [0.1, 0.15) is 6.04 Å². The van der Waals surface area contributed by atoms with Gasteiger partial charge >= 0.3 is 5.97 Å². The monoisotopic (exact) mass is 241 g/mol. The summed E-state index contributed by atoms with van der Waals surface area (Å²) in [6, 6.07) is 0.0356. The highest BCUT2D eigenvalue weighted by atomic mass is 16.5. The lowest BCUT2D eigenvalue weighted by molar-refractivity contribution is -0.152. The minimum absolute atomic E-state index is 0.353. The number of carbonyl (C=O) groups is 1. The molecule has 1 atom stereocenters. The molecule has 2 rings (SSSR count). The number of rotatable bonds is 2. The van der Waals surface area contributed by atoms with E-state index in [1.165, 1.54) is 32.1 Å². The van der Waals surface area contributed by atoms with E-state index in [0.29, 0.717) is 19.3 Å². The third-order valence-corrected chi connectivity index (χ3v) is 4.00. The molecule has 2 fully saturated rings. The van der Waals surface area contributed by atoms with E-state index in [4.69, 9.17) is 4.74 Å². The SMILES string of the molecule is O=C(O)C1COCCN1C1CCCCCCC1. The van der Waals surface area contributed by atoms with Crippen molar-refractivity contribution in [2.45, 2.75) is 57.0 Å². The Morgan fingerprint density at radius 3 is 2.41 bits per heavy atom. The molecule has 2 aliphatic rings. The maximum Gasteiger partial charge on any atom is 0.323 e. The van der Waals surface area contributed by atoms with Gasteiger partial charge in [0.15, 0.2) is 0 Å². The molecule has 0 aromatic rings. The largest absolute Gasteiger partial charge is 0.480 e. The van der Waals surface area contributed by atoms with E-state index >= 15 is 0 Å². The van der Waals surface area contributed by atoms with Crippen LogP contribution in [0.15, 0.2) is 0 Å². The number of morpholine rings is 1. The molecule has 1 unspecified atom stereocenters. The second-order valence-corrected chi connectivity index (χ2v) is 5.17. The summed E-state index contributed by atoms with van der Waals surface area (Å²) in [5, 5.41) is 9.24. The molecule has 4 heteroatoms. The Hall–Kier alpha value is -0.610. The fraction of sp³-hybridized carbons (Fsp3) is 0.923. The highest BCUT2D eigenvalue weighted by molar-refractivity contribution is 5.73. The molecule has 98 valence electrons. The predicted octanol–water partition coefficient (Wildman–Crippen LogP) is 1.88. The predicted molar refractivity (Wildman–Crippen MR) is 65.1 cm³/mol. The average molecular weight is 241 g/mol. The van der Waals surface area contributed by atoms with Crippen molar-refractivity contribution in [3.63, 3.8) is 0 Å². The molecule has 4 nitrogen and oxygen atoms in total. The topological polar surface area (TPSA) is 49.8 Å². The molecular weight excluding hydrogens is 218 g/mol. The second kappa shape index (κ2) is 6.36. The number of carboxylic acid groups (broad SMARTS) is 1. The summed E-state index contributed by atoms with van der Waals surface area (Å²) in [6.45, 7) is 1.81. The number of hydrogen-bond donors (Lipinski definition) is 1. The fourth-order valence-corrected chi connectivity index (χ4v) is 3.03. The third kappa shape index (κ3) is 3.42. The first-order chi connectivity index (χ1) is 8.29. The zero-order valence-electron chi connectivity index (χ0n) is 10.4. The fourth-order valence-electron chi connectivity index (χ4n) is 3.03. The lowest BCUT2D eigenvalue weighted by atomic mass is 9.94. The Labute approximate surface area is 103 Å². The average Bonchev–Trinajstić information content (AvgIpc) is 2.28. The van der Waals surface area contributed by atoms with Gasteiger partial charge in [0.2, 0.25) is 0 Å². The van der Waals surface area contributed by atoms with Crippen molar-refractivity contribution < 1.29 is 14.6 Å². The summed E-state index contributed by atoms with van der Waals surface area (Å²) >= 11 is 0. The van der Waals surface area contributed by atoms with Crippen molar-refractivity contribution >= 4 is 5.97 Å². The van der Waals surface area contributed by atoms with Crippen LogP contribution in [-0.4, -0.2) is 47.8 Å². The van der Waals surface area contributed by atoms with E-state index < -0.39 is 12.0 Å². The maximum absolute atomic E-state index is 11.2. The van der Waals surface area contributed by atoms with Gasteiger partial charge in [-0.2, -0.15) is 0 Å². The smallest absolute Gasteiger partial charge is 0.323 e. The minimum atomic E-state index is -0.730. The van der Waals surface area contributed by atoms with Crippen molar-refractivity contribution in [2.24, 2.45) is 0 Å². The van der Waals surface area contributed by atoms with Gasteiger partial charge in [-0.25, -0.2) is 0 Å². The number of nitrogens with zero attached hydrogens (tertiary/aromatic N) is 1. The first kappa shape index (κ1) is 12.8. The summed E-state index contributed by atoms with van der Waals surface area (Å²) in [7, 11) is 0.